The summed E-state index contributed by atoms with van der Waals surface area (Å²) in [5.74, 6) is 2.16. The molecule has 5 fully saturated rings. The minimum atomic E-state index is -0.457. The molecule has 1 aliphatic carbocycles. The van der Waals surface area contributed by atoms with E-state index < -0.39 is 5.79 Å². The van der Waals surface area contributed by atoms with Crippen LogP contribution in [0, 0.1) is 11.3 Å². The number of rotatable bonds is 1. The second-order valence-corrected chi connectivity index (χ2v) is 11.2. The zero-order valence-electron chi connectivity index (χ0n) is 15.0. The number of aldehydes is 1. The minimum Gasteiger partial charge on any atom is -0.356 e. The van der Waals surface area contributed by atoms with E-state index in [1.807, 2.05) is 23.5 Å². The Morgan fingerprint density at radius 3 is 2.68 bits per heavy atom. The van der Waals surface area contributed by atoms with Gasteiger partial charge >= 0.3 is 0 Å². The summed E-state index contributed by atoms with van der Waals surface area (Å²) in [7, 11) is 0. The second-order valence-electron chi connectivity index (χ2n) is 8.57. The standard InChI is InChI=1S/C19H28O4S2/c1-16-4-7-19(23-16)15(24-10-3-11-25-19)14-12-18(21-8-2-9-22-18)6-5-17(14,16)13-20/h13-15H,2-12H2,1H3/t14-,15+,16+,17-,19+/m1/s1. The van der Waals surface area contributed by atoms with Crippen LogP contribution < -0.4 is 0 Å². The highest BCUT2D eigenvalue weighted by Crippen LogP contribution is 2.69. The van der Waals surface area contributed by atoms with Gasteiger partial charge in [-0.05, 0) is 56.5 Å². The molecule has 2 spiro atoms. The van der Waals surface area contributed by atoms with Crippen molar-refractivity contribution in [3.05, 3.63) is 0 Å². The van der Waals surface area contributed by atoms with Crippen molar-refractivity contribution in [1.29, 1.82) is 0 Å². The van der Waals surface area contributed by atoms with Crippen molar-refractivity contribution in [2.45, 2.75) is 73.4 Å². The molecule has 0 unspecified atom stereocenters. The van der Waals surface area contributed by atoms with E-state index in [1.54, 1.807) is 0 Å². The quantitative estimate of drug-likeness (QED) is 0.644. The molecule has 0 aromatic heterocycles. The van der Waals surface area contributed by atoms with Gasteiger partial charge in [-0.1, -0.05) is 0 Å². The van der Waals surface area contributed by atoms with Crippen molar-refractivity contribution in [2.75, 3.05) is 24.7 Å². The molecule has 2 bridgehead atoms. The molecular formula is C19H28O4S2. The van der Waals surface area contributed by atoms with Crippen LogP contribution in [0.5, 0.6) is 0 Å². The van der Waals surface area contributed by atoms with Crippen LogP contribution >= 0.6 is 23.5 Å². The highest BCUT2D eigenvalue weighted by Gasteiger charge is 2.73. The van der Waals surface area contributed by atoms with Crippen LogP contribution in [0.4, 0.5) is 0 Å². The lowest BCUT2D eigenvalue weighted by Crippen LogP contribution is -2.67. The zero-order valence-corrected chi connectivity index (χ0v) is 16.6. The summed E-state index contributed by atoms with van der Waals surface area (Å²) in [5.41, 5.74) is -0.713. The number of fused-ring (bicyclic) bond motifs is 4. The molecule has 6 heteroatoms. The van der Waals surface area contributed by atoms with Crippen LogP contribution in [-0.4, -0.2) is 52.6 Å². The number of carbonyl (C=O) groups excluding carboxylic acids is 1. The fraction of sp³-hybridized carbons (Fsp3) is 0.947. The van der Waals surface area contributed by atoms with Crippen LogP contribution in [0.15, 0.2) is 0 Å². The van der Waals surface area contributed by atoms with E-state index in [-0.39, 0.29) is 21.9 Å². The van der Waals surface area contributed by atoms with E-state index in [0.717, 1.165) is 51.7 Å². The predicted molar refractivity (Wildman–Crippen MR) is 99.9 cm³/mol. The monoisotopic (exact) mass is 384 g/mol. The Kier molecular flexibility index (Phi) is 4.08. The van der Waals surface area contributed by atoms with Crippen molar-refractivity contribution >= 4 is 29.8 Å². The second kappa shape index (κ2) is 5.87. The van der Waals surface area contributed by atoms with Crippen molar-refractivity contribution in [1.82, 2.24) is 0 Å². The lowest BCUT2D eigenvalue weighted by atomic mass is 9.55. The molecule has 0 amide bonds. The maximum Gasteiger partial charge on any atom is 0.168 e. The lowest BCUT2D eigenvalue weighted by molar-refractivity contribution is -0.312. The van der Waals surface area contributed by atoms with Gasteiger partial charge in [0.25, 0.3) is 0 Å². The molecule has 1 saturated carbocycles. The molecule has 4 saturated heterocycles. The van der Waals surface area contributed by atoms with E-state index in [2.05, 4.69) is 6.92 Å². The number of hydrogen-bond donors (Lipinski definition) is 0. The van der Waals surface area contributed by atoms with Crippen molar-refractivity contribution in [3.63, 3.8) is 0 Å². The first kappa shape index (κ1) is 17.4. The van der Waals surface area contributed by atoms with Crippen molar-refractivity contribution < 1.29 is 19.0 Å². The fourth-order valence-corrected chi connectivity index (χ4v) is 9.66. The SMILES string of the molecule is C[C@@]12CC[C@]3(O1)SCCCS[C@H]3[C@H]1CC3(CC[C@@]12C=O)OCCCO3. The largest absolute Gasteiger partial charge is 0.356 e. The predicted octanol–water partition coefficient (Wildman–Crippen LogP) is 3.62. The van der Waals surface area contributed by atoms with Crippen molar-refractivity contribution in [3.8, 4) is 0 Å². The maximum absolute atomic E-state index is 12.6. The third-order valence-corrected chi connectivity index (χ3v) is 10.7. The van der Waals surface area contributed by atoms with Gasteiger partial charge in [0.05, 0.1) is 24.2 Å². The molecule has 0 aromatic rings. The van der Waals surface area contributed by atoms with Gasteiger partial charge in [0.1, 0.15) is 11.2 Å². The Balaban J connectivity index is 1.58. The molecule has 4 nitrogen and oxygen atoms in total. The summed E-state index contributed by atoms with van der Waals surface area (Å²) < 4.78 is 19.2. The van der Waals surface area contributed by atoms with Crippen LogP contribution in [0.3, 0.4) is 0 Å². The molecule has 5 rings (SSSR count). The minimum absolute atomic E-state index is 0.111. The zero-order chi connectivity index (χ0) is 17.2. The van der Waals surface area contributed by atoms with E-state index in [1.165, 1.54) is 24.2 Å². The van der Waals surface area contributed by atoms with Gasteiger partial charge in [0.15, 0.2) is 5.79 Å². The summed E-state index contributed by atoms with van der Waals surface area (Å²) in [6, 6.07) is 0. The molecule has 4 aliphatic heterocycles. The molecule has 5 atom stereocenters. The number of carbonyl (C=O) groups is 1. The first-order valence-electron chi connectivity index (χ1n) is 9.77. The molecule has 4 heterocycles. The molecule has 140 valence electrons. The Morgan fingerprint density at radius 2 is 1.88 bits per heavy atom. The first-order valence-corrected chi connectivity index (χ1v) is 11.8. The summed E-state index contributed by atoms with van der Waals surface area (Å²) >= 11 is 4.06. The summed E-state index contributed by atoms with van der Waals surface area (Å²) in [5, 5.41) is 0.368. The van der Waals surface area contributed by atoms with E-state index in [9.17, 15) is 4.79 Å². The highest BCUT2D eigenvalue weighted by molar-refractivity contribution is 8.04. The van der Waals surface area contributed by atoms with Crippen LogP contribution in [0.2, 0.25) is 0 Å². The van der Waals surface area contributed by atoms with Gasteiger partial charge in [0.2, 0.25) is 0 Å². The number of ether oxygens (including phenoxy) is 3. The number of thioether (sulfide) groups is 2. The Labute approximate surface area is 158 Å². The fourth-order valence-electron chi connectivity index (χ4n) is 6.06. The van der Waals surface area contributed by atoms with E-state index in [4.69, 9.17) is 14.2 Å². The van der Waals surface area contributed by atoms with Crippen LogP contribution in [0.1, 0.15) is 51.9 Å². The third-order valence-electron chi connectivity index (χ3n) is 7.41. The van der Waals surface area contributed by atoms with Crippen LogP contribution in [0.25, 0.3) is 0 Å². The van der Waals surface area contributed by atoms with E-state index in [0.29, 0.717) is 5.25 Å². The average molecular weight is 385 g/mol. The van der Waals surface area contributed by atoms with Gasteiger partial charge in [-0.15, -0.1) is 11.8 Å². The molecular weight excluding hydrogens is 356 g/mol. The summed E-state index contributed by atoms with van der Waals surface area (Å²) in [4.78, 5) is 12.4. The first-order chi connectivity index (χ1) is 12.1. The Hall–Kier alpha value is 0.250. The topological polar surface area (TPSA) is 44.8 Å². The van der Waals surface area contributed by atoms with Gasteiger partial charge < -0.3 is 19.0 Å². The Bertz CT molecular complexity index is 566. The van der Waals surface area contributed by atoms with Gasteiger partial charge in [-0.3, -0.25) is 0 Å². The molecule has 0 aromatic carbocycles. The third kappa shape index (κ3) is 2.30. The van der Waals surface area contributed by atoms with Gasteiger partial charge in [0, 0.05) is 18.1 Å². The van der Waals surface area contributed by atoms with E-state index >= 15 is 0 Å². The van der Waals surface area contributed by atoms with Crippen LogP contribution in [-0.2, 0) is 19.0 Å². The number of hydrogen-bond acceptors (Lipinski definition) is 6. The summed E-state index contributed by atoms with van der Waals surface area (Å²) in [6.45, 7) is 3.77. The molecule has 5 aliphatic rings. The molecule has 0 radical (unpaired) electrons. The van der Waals surface area contributed by atoms with Crippen molar-refractivity contribution in [2.24, 2.45) is 11.3 Å². The van der Waals surface area contributed by atoms with Gasteiger partial charge in [-0.25, -0.2) is 0 Å². The highest BCUT2D eigenvalue weighted by atomic mass is 32.2. The smallest absolute Gasteiger partial charge is 0.168 e. The Morgan fingerprint density at radius 1 is 1.04 bits per heavy atom. The molecule has 0 N–H and O–H groups in total. The maximum atomic E-state index is 12.6. The van der Waals surface area contributed by atoms with Gasteiger partial charge in [-0.2, -0.15) is 11.8 Å². The lowest BCUT2D eigenvalue weighted by Gasteiger charge is -2.61. The summed E-state index contributed by atoms with van der Waals surface area (Å²) in [6.07, 6.45) is 8.04. The average Bonchev–Trinajstić information content (AvgIpc) is 2.80. The molecule has 25 heavy (non-hydrogen) atoms. The normalized spacial score (nSPS) is 51.4.